The van der Waals surface area contributed by atoms with E-state index in [9.17, 15) is 9.90 Å². The van der Waals surface area contributed by atoms with Gasteiger partial charge in [-0.15, -0.1) is 0 Å². The van der Waals surface area contributed by atoms with Crippen molar-refractivity contribution in [1.82, 2.24) is 10.6 Å². The predicted molar refractivity (Wildman–Crippen MR) is 90.1 cm³/mol. The summed E-state index contributed by atoms with van der Waals surface area (Å²) < 4.78 is 0. The average Bonchev–Trinajstić information content (AvgIpc) is 2.98. The highest BCUT2D eigenvalue weighted by Gasteiger charge is 2.24. The second-order valence-corrected chi connectivity index (χ2v) is 5.88. The Hall–Kier alpha value is -2.33. The third-order valence-corrected chi connectivity index (χ3v) is 4.36. The smallest absolute Gasteiger partial charge is 0.315 e. The lowest BCUT2D eigenvalue weighted by atomic mass is 10.0. The molecule has 2 atom stereocenters. The van der Waals surface area contributed by atoms with Crippen molar-refractivity contribution in [2.24, 2.45) is 0 Å². The van der Waals surface area contributed by atoms with Gasteiger partial charge in [-0.1, -0.05) is 54.6 Å². The number of hydrogen-bond donors (Lipinski definition) is 3. The zero-order valence-electron chi connectivity index (χ0n) is 13.0. The summed E-state index contributed by atoms with van der Waals surface area (Å²) in [5, 5.41) is 15.3. The molecule has 0 aliphatic heterocycles. The number of nitrogens with one attached hydrogen (secondary N) is 2. The fourth-order valence-corrected chi connectivity index (χ4v) is 3.20. The number of hydrogen-bond acceptors (Lipinski definition) is 2. The Bertz CT molecular complexity index is 657. The van der Waals surface area contributed by atoms with Crippen LogP contribution in [0.5, 0.6) is 0 Å². The zero-order chi connectivity index (χ0) is 16.1. The van der Waals surface area contributed by atoms with Crippen LogP contribution in [0.1, 0.15) is 41.6 Å². The highest BCUT2D eigenvalue weighted by atomic mass is 16.3. The molecule has 2 aromatic rings. The molecule has 1 aliphatic rings. The summed E-state index contributed by atoms with van der Waals surface area (Å²) >= 11 is 0. The van der Waals surface area contributed by atoms with Crippen molar-refractivity contribution in [3.63, 3.8) is 0 Å². The Balaban J connectivity index is 1.64. The molecule has 0 heterocycles. The van der Waals surface area contributed by atoms with Gasteiger partial charge in [-0.05, 0) is 36.0 Å². The number of rotatable bonds is 5. The molecule has 2 amide bonds. The van der Waals surface area contributed by atoms with E-state index in [0.717, 1.165) is 18.4 Å². The Morgan fingerprint density at radius 3 is 2.65 bits per heavy atom. The number of aliphatic hydroxyl groups is 1. The van der Waals surface area contributed by atoms with Crippen LogP contribution in [0.2, 0.25) is 0 Å². The highest BCUT2D eigenvalue weighted by molar-refractivity contribution is 5.75. The first-order chi connectivity index (χ1) is 11.3. The van der Waals surface area contributed by atoms with Gasteiger partial charge in [0.05, 0.1) is 12.1 Å². The van der Waals surface area contributed by atoms with Crippen LogP contribution in [0.4, 0.5) is 4.79 Å². The molecule has 4 nitrogen and oxygen atoms in total. The summed E-state index contributed by atoms with van der Waals surface area (Å²) in [5.41, 5.74) is 3.53. The molecule has 0 fully saturated rings. The van der Waals surface area contributed by atoms with Crippen LogP contribution in [-0.4, -0.2) is 17.7 Å². The van der Waals surface area contributed by atoms with Crippen molar-refractivity contribution in [1.29, 1.82) is 0 Å². The van der Waals surface area contributed by atoms with Crippen molar-refractivity contribution in [3.05, 3.63) is 71.3 Å². The minimum absolute atomic E-state index is 0.0338. The summed E-state index contributed by atoms with van der Waals surface area (Å²) in [7, 11) is 0. The van der Waals surface area contributed by atoms with Crippen LogP contribution in [0.15, 0.2) is 54.6 Å². The van der Waals surface area contributed by atoms with E-state index in [1.807, 2.05) is 42.5 Å². The maximum Gasteiger partial charge on any atom is 0.315 e. The van der Waals surface area contributed by atoms with Crippen molar-refractivity contribution < 1.29 is 9.90 Å². The van der Waals surface area contributed by atoms with Crippen LogP contribution in [0.3, 0.4) is 0 Å². The normalized spacial score (nSPS) is 17.3. The van der Waals surface area contributed by atoms with Gasteiger partial charge >= 0.3 is 6.03 Å². The van der Waals surface area contributed by atoms with E-state index in [1.54, 1.807) is 0 Å². The predicted octanol–water partition coefficient (Wildman–Crippen LogP) is 3.10. The topological polar surface area (TPSA) is 61.4 Å². The third kappa shape index (κ3) is 3.71. The molecule has 23 heavy (non-hydrogen) atoms. The molecule has 0 saturated carbocycles. The quantitative estimate of drug-likeness (QED) is 0.794. The minimum atomic E-state index is -0.186. The van der Waals surface area contributed by atoms with Crippen LogP contribution in [0.25, 0.3) is 0 Å². The van der Waals surface area contributed by atoms with E-state index in [-0.39, 0.29) is 24.7 Å². The minimum Gasteiger partial charge on any atom is -0.396 e. The molecule has 3 rings (SSSR count). The van der Waals surface area contributed by atoms with Crippen molar-refractivity contribution in [2.45, 2.75) is 31.3 Å². The van der Waals surface area contributed by atoms with Gasteiger partial charge in [0.1, 0.15) is 0 Å². The number of urea groups is 1. The molecule has 4 heteroatoms. The molecule has 3 N–H and O–H groups in total. The number of fused-ring (bicyclic) bond motifs is 1. The van der Waals surface area contributed by atoms with Gasteiger partial charge in [-0.3, -0.25) is 0 Å². The maximum absolute atomic E-state index is 12.4. The highest BCUT2D eigenvalue weighted by Crippen LogP contribution is 2.30. The Morgan fingerprint density at radius 1 is 1.13 bits per heavy atom. The lowest BCUT2D eigenvalue weighted by Gasteiger charge is -2.21. The number of benzene rings is 2. The van der Waals surface area contributed by atoms with E-state index in [1.165, 1.54) is 11.1 Å². The number of carbonyl (C=O) groups excluding carboxylic acids is 1. The molecule has 0 spiro atoms. The van der Waals surface area contributed by atoms with Crippen LogP contribution in [0, 0.1) is 0 Å². The maximum atomic E-state index is 12.4. The first-order valence-electron chi connectivity index (χ1n) is 8.08. The number of aliphatic hydroxyl groups excluding tert-OH is 1. The average molecular weight is 310 g/mol. The molecule has 1 aliphatic carbocycles. The van der Waals surface area contributed by atoms with Gasteiger partial charge < -0.3 is 15.7 Å². The van der Waals surface area contributed by atoms with Crippen LogP contribution < -0.4 is 10.6 Å². The van der Waals surface area contributed by atoms with Gasteiger partial charge in [0.15, 0.2) is 0 Å². The van der Waals surface area contributed by atoms with Gasteiger partial charge in [-0.2, -0.15) is 0 Å². The number of carbonyl (C=O) groups is 1. The zero-order valence-corrected chi connectivity index (χ0v) is 13.0. The first-order valence-corrected chi connectivity index (χ1v) is 8.08. The first kappa shape index (κ1) is 15.6. The summed E-state index contributed by atoms with van der Waals surface area (Å²) in [6.45, 7) is 0.0338. The van der Waals surface area contributed by atoms with Gasteiger partial charge in [0, 0.05) is 6.61 Å². The van der Waals surface area contributed by atoms with Gasteiger partial charge in [0.25, 0.3) is 0 Å². The Kier molecular flexibility index (Phi) is 4.93. The summed E-state index contributed by atoms with van der Waals surface area (Å²) in [4.78, 5) is 12.4. The molecule has 0 radical (unpaired) electrons. The number of amides is 2. The van der Waals surface area contributed by atoms with E-state index in [0.29, 0.717) is 6.42 Å². The SMILES string of the molecule is O=C(NC1CCc2ccccc21)N[C@H](CCO)c1ccccc1. The van der Waals surface area contributed by atoms with Crippen molar-refractivity contribution in [3.8, 4) is 0 Å². The molecular formula is C19H22N2O2. The standard InChI is InChI=1S/C19H22N2O2/c22-13-12-17(15-7-2-1-3-8-15)20-19(23)21-18-11-10-14-6-4-5-9-16(14)18/h1-9,17-18,22H,10-13H2,(H2,20,21,23)/t17-,18?/m1/s1. The Morgan fingerprint density at radius 2 is 1.87 bits per heavy atom. The fourth-order valence-electron chi connectivity index (χ4n) is 3.20. The summed E-state index contributed by atoms with van der Waals surface area (Å²) in [5.74, 6) is 0. The summed E-state index contributed by atoms with van der Waals surface area (Å²) in [6.07, 6.45) is 2.43. The monoisotopic (exact) mass is 310 g/mol. The van der Waals surface area contributed by atoms with E-state index >= 15 is 0 Å². The second-order valence-electron chi connectivity index (χ2n) is 5.88. The number of aryl methyl sites for hydroxylation is 1. The van der Waals surface area contributed by atoms with Crippen molar-refractivity contribution in [2.75, 3.05) is 6.61 Å². The molecule has 120 valence electrons. The van der Waals surface area contributed by atoms with Gasteiger partial charge in [0.2, 0.25) is 0 Å². The van der Waals surface area contributed by atoms with E-state index < -0.39 is 0 Å². The largest absolute Gasteiger partial charge is 0.396 e. The Labute approximate surface area is 136 Å². The lowest BCUT2D eigenvalue weighted by Crippen LogP contribution is -2.39. The fraction of sp³-hybridized carbons (Fsp3) is 0.316. The molecule has 0 bridgehead atoms. The van der Waals surface area contributed by atoms with Crippen LogP contribution >= 0.6 is 0 Å². The van der Waals surface area contributed by atoms with E-state index in [2.05, 4.69) is 22.8 Å². The molecule has 1 unspecified atom stereocenters. The van der Waals surface area contributed by atoms with E-state index in [4.69, 9.17) is 0 Å². The lowest BCUT2D eigenvalue weighted by molar-refractivity contribution is 0.226. The third-order valence-electron chi connectivity index (χ3n) is 4.36. The summed E-state index contributed by atoms with van der Waals surface area (Å²) in [6, 6.07) is 17.7. The van der Waals surface area contributed by atoms with Crippen LogP contribution in [-0.2, 0) is 6.42 Å². The second kappa shape index (κ2) is 7.29. The molecule has 0 saturated heterocycles. The van der Waals surface area contributed by atoms with Crippen molar-refractivity contribution >= 4 is 6.03 Å². The molecular weight excluding hydrogens is 288 g/mol. The molecule has 0 aromatic heterocycles. The van der Waals surface area contributed by atoms with Gasteiger partial charge in [-0.25, -0.2) is 4.79 Å². The molecule has 2 aromatic carbocycles.